The van der Waals surface area contributed by atoms with Crippen LogP contribution in [0.25, 0.3) is 55.2 Å². The Kier molecular flexibility index (Phi) is 4.18. The van der Waals surface area contributed by atoms with E-state index in [0.29, 0.717) is 0 Å². The summed E-state index contributed by atoms with van der Waals surface area (Å²) in [6, 6.07) is 45.5. The lowest BCUT2D eigenvalue weighted by atomic mass is 10.1. The second-order valence-corrected chi connectivity index (χ2v) is 8.68. The molecule has 0 N–H and O–H groups in total. The van der Waals surface area contributed by atoms with Crippen LogP contribution in [0.5, 0.6) is 0 Å². The highest BCUT2D eigenvalue weighted by Gasteiger charge is 2.17. The normalized spacial score (nSPS) is 11.5. The standard InChI is InChI=1S/C32H22N2/c1-3-9-23(10-4-1)24-15-18-26(19-16-24)33-22-21-25-17-20-30-31(32(25)33)28-13-7-8-14-29(28)34(30)27-11-5-2-6-12-27/h1-22H. The zero-order valence-corrected chi connectivity index (χ0v) is 18.6. The minimum absolute atomic E-state index is 1.17. The monoisotopic (exact) mass is 434 g/mol. The molecule has 0 bridgehead atoms. The van der Waals surface area contributed by atoms with Crippen molar-refractivity contribution in [3.63, 3.8) is 0 Å². The van der Waals surface area contributed by atoms with Gasteiger partial charge in [0.05, 0.1) is 16.6 Å². The molecule has 0 saturated carbocycles. The molecule has 0 aliphatic carbocycles. The van der Waals surface area contributed by atoms with E-state index in [2.05, 4.69) is 143 Å². The van der Waals surface area contributed by atoms with E-state index in [9.17, 15) is 0 Å². The van der Waals surface area contributed by atoms with Crippen molar-refractivity contribution in [2.24, 2.45) is 0 Å². The molecule has 0 amide bonds. The zero-order valence-electron chi connectivity index (χ0n) is 18.6. The van der Waals surface area contributed by atoms with Crippen molar-refractivity contribution in [3.8, 4) is 22.5 Å². The van der Waals surface area contributed by atoms with E-state index >= 15 is 0 Å². The molecule has 0 fully saturated rings. The molecule has 0 unspecified atom stereocenters. The number of rotatable bonds is 3. The van der Waals surface area contributed by atoms with Crippen molar-refractivity contribution in [2.45, 2.75) is 0 Å². The molecule has 2 heteroatoms. The third-order valence-electron chi connectivity index (χ3n) is 6.75. The van der Waals surface area contributed by atoms with Gasteiger partial charge in [-0.05, 0) is 53.6 Å². The largest absolute Gasteiger partial charge is 0.316 e. The van der Waals surface area contributed by atoms with Gasteiger partial charge >= 0.3 is 0 Å². The van der Waals surface area contributed by atoms with Crippen LogP contribution in [0.3, 0.4) is 0 Å². The Labute approximate surface area is 197 Å². The van der Waals surface area contributed by atoms with Crippen molar-refractivity contribution in [2.75, 3.05) is 0 Å². The second-order valence-electron chi connectivity index (χ2n) is 8.68. The summed E-state index contributed by atoms with van der Waals surface area (Å²) in [5, 5.41) is 3.80. The van der Waals surface area contributed by atoms with Crippen LogP contribution in [0.4, 0.5) is 0 Å². The lowest BCUT2D eigenvalue weighted by Gasteiger charge is -2.10. The summed E-state index contributed by atoms with van der Waals surface area (Å²) in [5.74, 6) is 0. The Morgan fingerprint density at radius 3 is 1.91 bits per heavy atom. The van der Waals surface area contributed by atoms with E-state index < -0.39 is 0 Å². The maximum absolute atomic E-state index is 2.37. The Morgan fingerprint density at radius 2 is 1.12 bits per heavy atom. The lowest BCUT2D eigenvalue weighted by molar-refractivity contribution is 1.13. The summed E-state index contributed by atoms with van der Waals surface area (Å²) >= 11 is 0. The average Bonchev–Trinajstić information content (AvgIpc) is 3.49. The van der Waals surface area contributed by atoms with E-state index in [4.69, 9.17) is 0 Å². The van der Waals surface area contributed by atoms with Gasteiger partial charge in [-0.15, -0.1) is 0 Å². The van der Waals surface area contributed by atoms with Crippen LogP contribution >= 0.6 is 0 Å². The van der Waals surface area contributed by atoms with Crippen LogP contribution in [0, 0.1) is 0 Å². The fourth-order valence-corrected chi connectivity index (χ4v) is 5.20. The molecule has 0 spiro atoms. The summed E-state index contributed by atoms with van der Waals surface area (Å²) in [4.78, 5) is 0. The van der Waals surface area contributed by atoms with Crippen LogP contribution in [0.15, 0.2) is 134 Å². The summed E-state index contributed by atoms with van der Waals surface area (Å²) in [6.45, 7) is 0. The first-order chi connectivity index (χ1) is 16.9. The maximum atomic E-state index is 2.37. The van der Waals surface area contributed by atoms with E-state index in [1.165, 1.54) is 55.2 Å². The molecular formula is C32H22N2. The van der Waals surface area contributed by atoms with Crippen molar-refractivity contribution in [1.82, 2.24) is 9.13 Å². The number of benzene rings is 5. The number of para-hydroxylation sites is 2. The van der Waals surface area contributed by atoms with Crippen molar-refractivity contribution in [1.29, 1.82) is 0 Å². The first-order valence-electron chi connectivity index (χ1n) is 11.6. The zero-order chi connectivity index (χ0) is 22.5. The van der Waals surface area contributed by atoms with Gasteiger partial charge in [-0.3, -0.25) is 0 Å². The van der Waals surface area contributed by atoms with Crippen LogP contribution in [-0.4, -0.2) is 9.13 Å². The molecule has 5 aromatic carbocycles. The van der Waals surface area contributed by atoms with E-state index in [0.717, 1.165) is 0 Å². The van der Waals surface area contributed by atoms with E-state index in [-0.39, 0.29) is 0 Å². The fraction of sp³-hybridized carbons (Fsp3) is 0. The topological polar surface area (TPSA) is 9.86 Å². The van der Waals surface area contributed by atoms with Crippen molar-refractivity contribution in [3.05, 3.63) is 134 Å². The third kappa shape index (κ3) is 2.82. The molecule has 0 aliphatic heterocycles. The average molecular weight is 435 g/mol. The predicted octanol–water partition coefficient (Wildman–Crippen LogP) is 8.39. The summed E-state index contributed by atoms with van der Waals surface area (Å²) in [7, 11) is 0. The van der Waals surface area contributed by atoms with Gasteiger partial charge in [0.1, 0.15) is 0 Å². The van der Waals surface area contributed by atoms with Crippen LogP contribution < -0.4 is 0 Å². The summed E-state index contributed by atoms with van der Waals surface area (Å²) in [6.07, 6.45) is 2.19. The predicted molar refractivity (Wildman–Crippen MR) is 143 cm³/mol. The molecule has 0 atom stereocenters. The Morgan fingerprint density at radius 1 is 0.441 bits per heavy atom. The summed E-state index contributed by atoms with van der Waals surface area (Å²) < 4.78 is 4.70. The molecule has 34 heavy (non-hydrogen) atoms. The molecule has 7 rings (SSSR count). The van der Waals surface area contributed by atoms with Crippen molar-refractivity contribution < 1.29 is 0 Å². The van der Waals surface area contributed by atoms with Gasteiger partial charge in [0.2, 0.25) is 0 Å². The van der Waals surface area contributed by atoms with Crippen LogP contribution in [0.1, 0.15) is 0 Å². The van der Waals surface area contributed by atoms with Gasteiger partial charge < -0.3 is 9.13 Å². The maximum Gasteiger partial charge on any atom is 0.0628 e. The molecule has 0 aliphatic rings. The number of aromatic nitrogens is 2. The first-order valence-corrected chi connectivity index (χ1v) is 11.6. The molecule has 160 valence electrons. The van der Waals surface area contributed by atoms with E-state index in [1.807, 2.05) is 0 Å². The molecular weight excluding hydrogens is 412 g/mol. The van der Waals surface area contributed by atoms with Gasteiger partial charge in [0.15, 0.2) is 0 Å². The number of nitrogens with zero attached hydrogens (tertiary/aromatic N) is 2. The van der Waals surface area contributed by atoms with Crippen molar-refractivity contribution >= 4 is 32.7 Å². The van der Waals surface area contributed by atoms with Gasteiger partial charge in [0.25, 0.3) is 0 Å². The van der Waals surface area contributed by atoms with Gasteiger partial charge in [-0.25, -0.2) is 0 Å². The highest BCUT2D eigenvalue weighted by Crippen LogP contribution is 2.38. The minimum Gasteiger partial charge on any atom is -0.316 e. The Balaban J connectivity index is 1.50. The Hall–Kier alpha value is -4.56. The van der Waals surface area contributed by atoms with Gasteiger partial charge in [-0.2, -0.15) is 0 Å². The molecule has 0 saturated heterocycles. The fourth-order valence-electron chi connectivity index (χ4n) is 5.20. The first kappa shape index (κ1) is 19.0. The summed E-state index contributed by atoms with van der Waals surface area (Å²) in [5.41, 5.74) is 8.50. The number of fused-ring (bicyclic) bond motifs is 5. The molecule has 2 heterocycles. The molecule has 2 aromatic heterocycles. The molecule has 2 nitrogen and oxygen atoms in total. The third-order valence-corrected chi connectivity index (χ3v) is 6.75. The number of hydrogen-bond donors (Lipinski definition) is 0. The highest BCUT2D eigenvalue weighted by atomic mass is 15.0. The second kappa shape index (κ2) is 7.50. The quantitative estimate of drug-likeness (QED) is 0.264. The SMILES string of the molecule is c1ccc(-c2ccc(-n3ccc4ccc5c(c6ccccc6n5-c5ccccc5)c43)cc2)cc1. The molecule has 0 radical (unpaired) electrons. The van der Waals surface area contributed by atoms with Gasteiger partial charge in [0, 0.05) is 33.7 Å². The number of hydrogen-bond acceptors (Lipinski definition) is 0. The van der Waals surface area contributed by atoms with Gasteiger partial charge in [-0.1, -0.05) is 84.9 Å². The minimum atomic E-state index is 1.17. The van der Waals surface area contributed by atoms with E-state index in [1.54, 1.807) is 0 Å². The highest BCUT2D eigenvalue weighted by molar-refractivity contribution is 6.20. The van der Waals surface area contributed by atoms with Crippen LogP contribution in [0.2, 0.25) is 0 Å². The smallest absolute Gasteiger partial charge is 0.0628 e. The van der Waals surface area contributed by atoms with Crippen LogP contribution in [-0.2, 0) is 0 Å². The lowest BCUT2D eigenvalue weighted by Crippen LogP contribution is -1.94. The molecule has 7 aromatic rings. The Bertz CT molecular complexity index is 1770.